The van der Waals surface area contributed by atoms with Gasteiger partial charge in [-0.05, 0) is 67.1 Å². The van der Waals surface area contributed by atoms with Gasteiger partial charge in [0.05, 0.1) is 12.6 Å². The highest BCUT2D eigenvalue weighted by Gasteiger charge is 2.44. The molecular formula is C26H30N2O2. The van der Waals surface area contributed by atoms with E-state index in [1.54, 1.807) is 7.11 Å². The molecule has 30 heavy (non-hydrogen) atoms. The number of hydrogen-bond donors (Lipinski definition) is 1. The number of aromatic hydroxyl groups is 1. The minimum atomic E-state index is 0.101. The van der Waals surface area contributed by atoms with Crippen molar-refractivity contribution in [3.63, 3.8) is 0 Å². The van der Waals surface area contributed by atoms with Crippen LogP contribution >= 0.6 is 0 Å². The molecule has 4 heterocycles. The summed E-state index contributed by atoms with van der Waals surface area (Å²) in [4.78, 5) is 7.28. The number of hydrogen-bond acceptors (Lipinski definition) is 4. The summed E-state index contributed by atoms with van der Waals surface area (Å²) in [6.45, 7) is 4.65. The van der Waals surface area contributed by atoms with Gasteiger partial charge in [0, 0.05) is 35.7 Å². The van der Waals surface area contributed by atoms with E-state index in [0.717, 1.165) is 40.6 Å². The molecule has 6 rings (SSSR count). The molecule has 3 saturated heterocycles. The fourth-order valence-corrected chi connectivity index (χ4v) is 5.87. The lowest BCUT2D eigenvalue weighted by molar-refractivity contribution is -0.00659. The maximum Gasteiger partial charge on any atom is 0.119 e. The van der Waals surface area contributed by atoms with Crippen molar-refractivity contribution >= 4 is 10.9 Å². The number of piperidine rings is 3. The van der Waals surface area contributed by atoms with Crippen LogP contribution < -0.4 is 4.74 Å². The monoisotopic (exact) mass is 402 g/mol. The third-order valence-corrected chi connectivity index (χ3v) is 7.43. The molecule has 3 fully saturated rings. The number of fused-ring (bicyclic) bond motifs is 4. The number of methoxy groups -OCH3 is 1. The van der Waals surface area contributed by atoms with Gasteiger partial charge in [0.2, 0.25) is 0 Å². The minimum Gasteiger partial charge on any atom is -0.508 e. The van der Waals surface area contributed by atoms with Crippen LogP contribution in [-0.4, -0.2) is 41.2 Å². The molecule has 1 N–H and O–H groups in total. The zero-order valence-electron chi connectivity index (χ0n) is 17.8. The smallest absolute Gasteiger partial charge is 0.119 e. The molecule has 5 atom stereocenters. The molecule has 0 amide bonds. The fraction of sp³-hybridized carbons (Fsp3) is 0.423. The molecule has 1 aromatic heterocycles. The second-order valence-electron chi connectivity index (χ2n) is 8.83. The second kappa shape index (κ2) is 7.92. The van der Waals surface area contributed by atoms with Gasteiger partial charge in [-0.25, -0.2) is 0 Å². The van der Waals surface area contributed by atoms with Crippen LogP contribution in [0.15, 0.2) is 54.7 Å². The predicted molar refractivity (Wildman–Crippen MR) is 120 cm³/mol. The highest BCUT2D eigenvalue weighted by molar-refractivity contribution is 5.84. The SMILES string of the molecule is CC[C@H]1CN2CC[C@H]1C[C@H]2[C@@H](c1ccccc1O)c1ccnc2ccc(OC)cc12. The number of ether oxygens (including phenoxy) is 1. The minimum absolute atomic E-state index is 0.101. The average molecular weight is 403 g/mol. The van der Waals surface area contributed by atoms with Crippen LogP contribution in [0.3, 0.4) is 0 Å². The largest absolute Gasteiger partial charge is 0.508 e. The Kier molecular flexibility index (Phi) is 5.11. The quantitative estimate of drug-likeness (QED) is 0.637. The average Bonchev–Trinajstić information content (AvgIpc) is 2.80. The normalized spacial score (nSPS) is 26.6. The number of aromatic nitrogens is 1. The molecule has 4 heteroatoms. The van der Waals surface area contributed by atoms with Crippen molar-refractivity contribution in [2.45, 2.75) is 38.1 Å². The Hall–Kier alpha value is -2.59. The van der Waals surface area contributed by atoms with Crippen LogP contribution in [0.4, 0.5) is 0 Å². The Morgan fingerprint density at radius 1 is 1.17 bits per heavy atom. The topological polar surface area (TPSA) is 45.6 Å². The van der Waals surface area contributed by atoms with E-state index in [2.05, 4.69) is 35.0 Å². The highest BCUT2D eigenvalue weighted by atomic mass is 16.5. The van der Waals surface area contributed by atoms with Crippen molar-refractivity contribution in [3.05, 3.63) is 65.9 Å². The number of benzene rings is 2. The zero-order chi connectivity index (χ0) is 20.7. The van der Waals surface area contributed by atoms with E-state index >= 15 is 0 Å². The number of rotatable bonds is 5. The zero-order valence-corrected chi connectivity index (χ0v) is 17.8. The van der Waals surface area contributed by atoms with Crippen molar-refractivity contribution in [1.82, 2.24) is 9.88 Å². The summed E-state index contributed by atoms with van der Waals surface area (Å²) in [6, 6.07) is 16.5. The second-order valence-corrected chi connectivity index (χ2v) is 8.83. The first-order chi connectivity index (χ1) is 14.7. The van der Waals surface area contributed by atoms with Gasteiger partial charge in [0.25, 0.3) is 0 Å². The Morgan fingerprint density at radius 2 is 2.03 bits per heavy atom. The lowest BCUT2D eigenvalue weighted by Crippen LogP contribution is -2.55. The molecule has 4 nitrogen and oxygen atoms in total. The molecule has 3 aromatic rings. The third-order valence-electron chi connectivity index (χ3n) is 7.43. The van der Waals surface area contributed by atoms with E-state index in [0.29, 0.717) is 11.8 Å². The molecule has 156 valence electrons. The predicted octanol–water partition coefficient (Wildman–Crippen LogP) is 5.20. The number of nitrogens with zero attached hydrogens (tertiary/aromatic N) is 2. The van der Waals surface area contributed by atoms with Gasteiger partial charge >= 0.3 is 0 Å². The Balaban J connectivity index is 1.67. The van der Waals surface area contributed by atoms with E-state index < -0.39 is 0 Å². The van der Waals surface area contributed by atoms with Crippen LogP contribution in [0.2, 0.25) is 0 Å². The highest BCUT2D eigenvalue weighted by Crippen LogP contribution is 2.47. The summed E-state index contributed by atoms with van der Waals surface area (Å²) in [5.41, 5.74) is 3.21. The van der Waals surface area contributed by atoms with Gasteiger partial charge < -0.3 is 9.84 Å². The van der Waals surface area contributed by atoms with Crippen LogP contribution in [0.5, 0.6) is 11.5 Å². The summed E-state index contributed by atoms with van der Waals surface area (Å²) in [6.07, 6.45) is 5.64. The lowest BCUT2D eigenvalue weighted by Gasteiger charge is -2.52. The van der Waals surface area contributed by atoms with E-state index in [1.165, 1.54) is 31.4 Å². The first-order valence-electron chi connectivity index (χ1n) is 11.1. The summed E-state index contributed by atoms with van der Waals surface area (Å²) in [5.74, 6) is 2.90. The Labute approximate surface area is 178 Å². The first-order valence-corrected chi connectivity index (χ1v) is 11.1. The summed E-state index contributed by atoms with van der Waals surface area (Å²) < 4.78 is 5.52. The molecular weight excluding hydrogens is 372 g/mol. The molecule has 0 aliphatic carbocycles. The van der Waals surface area contributed by atoms with Gasteiger partial charge in [-0.2, -0.15) is 0 Å². The molecule has 3 aliphatic rings. The van der Waals surface area contributed by atoms with Crippen LogP contribution in [-0.2, 0) is 0 Å². The summed E-state index contributed by atoms with van der Waals surface area (Å²) >= 11 is 0. The third kappa shape index (κ3) is 3.24. The maximum atomic E-state index is 10.9. The number of para-hydroxylation sites is 1. The molecule has 2 bridgehead atoms. The van der Waals surface area contributed by atoms with Crippen molar-refractivity contribution in [1.29, 1.82) is 0 Å². The van der Waals surface area contributed by atoms with Crippen LogP contribution in [0, 0.1) is 11.8 Å². The van der Waals surface area contributed by atoms with Gasteiger partial charge in [0.15, 0.2) is 0 Å². The molecule has 0 spiro atoms. The number of phenolic OH excluding ortho intramolecular Hbond substituents is 1. The standard InChI is InChI=1S/C26H30N2O2/c1-3-17-16-28-13-11-18(17)14-24(28)26(21-6-4-5-7-25(21)29)20-10-12-27-23-9-8-19(30-2)15-22(20)23/h4-10,12,15,17-18,24,26,29H,3,11,13-14,16H2,1-2H3/t17-,18-,24-,26+/m0/s1. The lowest BCUT2D eigenvalue weighted by atomic mass is 9.69. The summed E-state index contributed by atoms with van der Waals surface area (Å²) in [7, 11) is 1.70. The molecule has 3 aliphatic heterocycles. The number of phenols is 1. The van der Waals surface area contributed by atoms with E-state index in [4.69, 9.17) is 4.74 Å². The Morgan fingerprint density at radius 3 is 2.77 bits per heavy atom. The summed E-state index contributed by atoms with van der Waals surface area (Å²) in [5, 5.41) is 12.0. The van der Waals surface area contributed by atoms with Gasteiger partial charge in [-0.15, -0.1) is 0 Å². The van der Waals surface area contributed by atoms with Crippen molar-refractivity contribution in [2.75, 3.05) is 20.2 Å². The first kappa shape index (κ1) is 19.4. The number of pyridine rings is 1. The van der Waals surface area contributed by atoms with E-state index in [1.807, 2.05) is 36.5 Å². The van der Waals surface area contributed by atoms with E-state index in [9.17, 15) is 5.11 Å². The van der Waals surface area contributed by atoms with Crippen LogP contribution in [0.1, 0.15) is 43.2 Å². The Bertz CT molecular complexity index is 1050. The van der Waals surface area contributed by atoms with Crippen LogP contribution in [0.25, 0.3) is 10.9 Å². The van der Waals surface area contributed by atoms with Gasteiger partial charge in [-0.3, -0.25) is 9.88 Å². The van der Waals surface area contributed by atoms with Gasteiger partial charge in [-0.1, -0.05) is 31.5 Å². The molecule has 1 unspecified atom stereocenters. The van der Waals surface area contributed by atoms with Crippen molar-refractivity contribution < 1.29 is 9.84 Å². The maximum absolute atomic E-state index is 10.9. The molecule has 0 radical (unpaired) electrons. The molecule has 0 saturated carbocycles. The van der Waals surface area contributed by atoms with Crippen molar-refractivity contribution in [2.24, 2.45) is 11.8 Å². The molecule has 2 aromatic carbocycles. The fourth-order valence-electron chi connectivity index (χ4n) is 5.87. The van der Waals surface area contributed by atoms with Gasteiger partial charge in [0.1, 0.15) is 11.5 Å². The van der Waals surface area contributed by atoms with E-state index in [-0.39, 0.29) is 5.92 Å². The van der Waals surface area contributed by atoms with Crippen molar-refractivity contribution in [3.8, 4) is 11.5 Å².